The molecule has 0 atom stereocenters. The summed E-state index contributed by atoms with van der Waals surface area (Å²) in [6.07, 6.45) is 5.24. The summed E-state index contributed by atoms with van der Waals surface area (Å²) in [5.74, 6) is -0.302. The van der Waals surface area contributed by atoms with Crippen molar-refractivity contribution in [2.75, 3.05) is 19.6 Å². The Morgan fingerprint density at radius 1 is 1.50 bits per heavy atom. The molecule has 88 valence electrons. The van der Waals surface area contributed by atoms with E-state index in [1.807, 2.05) is 0 Å². The second-order valence-electron chi connectivity index (χ2n) is 4.22. The number of likely N-dealkylation sites (tertiary alicyclic amines) is 1. The highest BCUT2D eigenvalue weighted by Crippen LogP contribution is 2.08. The minimum atomic E-state index is -0.847. The van der Waals surface area contributed by atoms with Gasteiger partial charge in [-0.3, -0.25) is 4.79 Å². The Kier molecular flexibility index (Phi) is 3.56. The van der Waals surface area contributed by atoms with E-state index in [9.17, 15) is 4.79 Å². The first kappa shape index (κ1) is 11.1. The monoisotopic (exact) mass is 223 g/mol. The molecule has 0 saturated carbocycles. The number of carbonyl (C=O) groups is 1. The highest BCUT2D eigenvalue weighted by Gasteiger charge is 2.11. The molecular weight excluding hydrogens is 206 g/mol. The Hall–Kier alpha value is -1.36. The molecule has 1 aliphatic rings. The average molecular weight is 223 g/mol. The van der Waals surface area contributed by atoms with Crippen LogP contribution in [0.4, 0.5) is 0 Å². The van der Waals surface area contributed by atoms with Gasteiger partial charge in [0.2, 0.25) is 0 Å². The van der Waals surface area contributed by atoms with Crippen LogP contribution in [-0.2, 0) is 17.6 Å². The van der Waals surface area contributed by atoms with Crippen LogP contribution in [0.15, 0.2) is 6.20 Å². The number of imidazole rings is 1. The Balaban J connectivity index is 1.80. The van der Waals surface area contributed by atoms with Crippen LogP contribution in [0.3, 0.4) is 0 Å². The van der Waals surface area contributed by atoms with Gasteiger partial charge in [-0.1, -0.05) is 0 Å². The Morgan fingerprint density at radius 3 is 2.94 bits per heavy atom. The highest BCUT2D eigenvalue weighted by molar-refractivity contribution is 5.68. The summed E-state index contributed by atoms with van der Waals surface area (Å²) in [5, 5.41) is 8.61. The van der Waals surface area contributed by atoms with Crippen molar-refractivity contribution >= 4 is 5.97 Å². The number of rotatable bonds is 5. The maximum atomic E-state index is 10.5. The van der Waals surface area contributed by atoms with Crippen molar-refractivity contribution in [3.8, 4) is 0 Å². The quantitative estimate of drug-likeness (QED) is 0.770. The number of aliphatic carboxylic acids is 1. The van der Waals surface area contributed by atoms with Crippen molar-refractivity contribution in [2.45, 2.75) is 25.7 Å². The number of H-pyrrole nitrogens is 1. The summed E-state index contributed by atoms with van der Waals surface area (Å²) in [6.45, 7) is 3.42. The normalized spacial score (nSPS) is 16.8. The number of carboxylic acid groups (broad SMARTS) is 1. The van der Waals surface area contributed by atoms with Gasteiger partial charge in [0.15, 0.2) is 0 Å². The van der Waals surface area contributed by atoms with E-state index in [1.165, 1.54) is 25.9 Å². The summed E-state index contributed by atoms with van der Waals surface area (Å²) in [7, 11) is 0. The van der Waals surface area contributed by atoms with Crippen molar-refractivity contribution in [2.24, 2.45) is 0 Å². The number of hydrogen-bond donors (Lipinski definition) is 2. The third-order valence-electron chi connectivity index (χ3n) is 2.90. The van der Waals surface area contributed by atoms with Gasteiger partial charge in [-0.2, -0.15) is 0 Å². The van der Waals surface area contributed by atoms with E-state index in [2.05, 4.69) is 14.9 Å². The molecule has 1 saturated heterocycles. The first-order valence-electron chi connectivity index (χ1n) is 5.71. The molecule has 5 nitrogen and oxygen atoms in total. The van der Waals surface area contributed by atoms with Crippen molar-refractivity contribution in [1.29, 1.82) is 0 Å². The molecule has 5 heteroatoms. The zero-order chi connectivity index (χ0) is 11.4. The Morgan fingerprint density at radius 2 is 2.25 bits per heavy atom. The van der Waals surface area contributed by atoms with Crippen LogP contribution in [0.1, 0.15) is 24.4 Å². The van der Waals surface area contributed by atoms with E-state index >= 15 is 0 Å². The molecule has 1 aliphatic heterocycles. The summed E-state index contributed by atoms with van der Waals surface area (Å²) >= 11 is 0. The van der Waals surface area contributed by atoms with Crippen molar-refractivity contribution < 1.29 is 9.90 Å². The maximum absolute atomic E-state index is 10.5. The van der Waals surface area contributed by atoms with Gasteiger partial charge < -0.3 is 15.0 Å². The van der Waals surface area contributed by atoms with Gasteiger partial charge in [0, 0.05) is 24.9 Å². The lowest BCUT2D eigenvalue weighted by atomic mass is 10.3. The van der Waals surface area contributed by atoms with Gasteiger partial charge in [-0.25, -0.2) is 4.98 Å². The van der Waals surface area contributed by atoms with Crippen molar-refractivity contribution in [3.05, 3.63) is 17.7 Å². The molecule has 0 spiro atoms. The zero-order valence-electron chi connectivity index (χ0n) is 9.28. The number of hydrogen-bond acceptors (Lipinski definition) is 3. The molecule has 2 heterocycles. The van der Waals surface area contributed by atoms with Crippen molar-refractivity contribution in [3.63, 3.8) is 0 Å². The van der Waals surface area contributed by atoms with Crippen LogP contribution in [0.5, 0.6) is 0 Å². The number of nitrogens with zero attached hydrogens (tertiary/aromatic N) is 2. The molecule has 0 bridgehead atoms. The number of aromatic amines is 1. The first-order chi connectivity index (χ1) is 7.74. The van der Waals surface area contributed by atoms with E-state index in [0.29, 0.717) is 5.82 Å². The van der Waals surface area contributed by atoms with Gasteiger partial charge >= 0.3 is 5.97 Å². The minimum Gasteiger partial charge on any atom is -0.481 e. The molecule has 0 amide bonds. The number of carboxylic acids is 1. The third kappa shape index (κ3) is 3.06. The van der Waals surface area contributed by atoms with Crippen LogP contribution >= 0.6 is 0 Å². The first-order valence-corrected chi connectivity index (χ1v) is 5.71. The molecule has 0 aromatic carbocycles. The summed E-state index contributed by atoms with van der Waals surface area (Å²) in [5.41, 5.74) is 1.03. The summed E-state index contributed by atoms with van der Waals surface area (Å²) < 4.78 is 0. The van der Waals surface area contributed by atoms with E-state index in [1.54, 1.807) is 6.20 Å². The number of aromatic nitrogens is 2. The Labute approximate surface area is 94.5 Å². The largest absolute Gasteiger partial charge is 0.481 e. The SMILES string of the molecule is O=C(O)Cc1ncc(CCN2CCCC2)[nH]1. The second kappa shape index (κ2) is 5.12. The molecule has 2 rings (SSSR count). The fourth-order valence-electron chi connectivity index (χ4n) is 2.05. The predicted octanol–water partition coefficient (Wildman–Crippen LogP) is 0.675. The molecule has 16 heavy (non-hydrogen) atoms. The van der Waals surface area contributed by atoms with Crippen molar-refractivity contribution in [1.82, 2.24) is 14.9 Å². The molecule has 0 radical (unpaired) electrons. The Bertz CT molecular complexity index is 356. The predicted molar refractivity (Wildman–Crippen MR) is 59.3 cm³/mol. The van der Waals surface area contributed by atoms with E-state index in [0.717, 1.165) is 18.7 Å². The molecule has 1 aromatic rings. The minimum absolute atomic E-state index is 0.0241. The standard InChI is InChI=1S/C11H17N3O2/c15-11(16)7-10-12-8-9(13-10)3-6-14-4-1-2-5-14/h8H,1-7H2,(H,12,13)(H,15,16). The third-order valence-corrected chi connectivity index (χ3v) is 2.90. The molecule has 1 fully saturated rings. The van der Waals surface area contributed by atoms with Crippen LogP contribution < -0.4 is 0 Å². The topological polar surface area (TPSA) is 69.2 Å². The van der Waals surface area contributed by atoms with E-state index in [-0.39, 0.29) is 6.42 Å². The smallest absolute Gasteiger partial charge is 0.311 e. The maximum Gasteiger partial charge on any atom is 0.311 e. The lowest BCUT2D eigenvalue weighted by Gasteiger charge is -2.12. The second-order valence-corrected chi connectivity index (χ2v) is 4.22. The zero-order valence-corrected chi connectivity index (χ0v) is 9.28. The molecule has 1 aromatic heterocycles. The average Bonchev–Trinajstić information content (AvgIpc) is 2.84. The summed E-state index contributed by atoms with van der Waals surface area (Å²) in [4.78, 5) is 20.0. The molecule has 0 aliphatic carbocycles. The van der Waals surface area contributed by atoms with Gasteiger partial charge in [-0.05, 0) is 25.9 Å². The fraction of sp³-hybridized carbons (Fsp3) is 0.636. The van der Waals surface area contributed by atoms with E-state index < -0.39 is 5.97 Å². The van der Waals surface area contributed by atoms with Gasteiger partial charge in [0.05, 0.1) is 0 Å². The van der Waals surface area contributed by atoms with Gasteiger partial charge in [0.1, 0.15) is 12.2 Å². The number of nitrogens with one attached hydrogen (secondary N) is 1. The lowest BCUT2D eigenvalue weighted by Crippen LogP contribution is -2.22. The van der Waals surface area contributed by atoms with Crippen LogP contribution in [-0.4, -0.2) is 45.6 Å². The van der Waals surface area contributed by atoms with Crippen LogP contribution in [0, 0.1) is 0 Å². The fourth-order valence-corrected chi connectivity index (χ4v) is 2.05. The highest BCUT2D eigenvalue weighted by atomic mass is 16.4. The van der Waals surface area contributed by atoms with Crippen LogP contribution in [0.2, 0.25) is 0 Å². The van der Waals surface area contributed by atoms with Gasteiger partial charge in [-0.15, -0.1) is 0 Å². The molecular formula is C11H17N3O2. The summed E-state index contributed by atoms with van der Waals surface area (Å²) in [6, 6.07) is 0. The molecule has 2 N–H and O–H groups in total. The van der Waals surface area contributed by atoms with Crippen LogP contribution in [0.25, 0.3) is 0 Å². The lowest BCUT2D eigenvalue weighted by molar-refractivity contribution is -0.136. The van der Waals surface area contributed by atoms with E-state index in [4.69, 9.17) is 5.11 Å². The van der Waals surface area contributed by atoms with Gasteiger partial charge in [0.25, 0.3) is 0 Å². The molecule has 0 unspecified atom stereocenters.